The zero-order valence-electron chi connectivity index (χ0n) is 13.5. The Morgan fingerprint density at radius 2 is 1.82 bits per heavy atom. The maximum absolute atomic E-state index is 12.0. The highest BCUT2D eigenvalue weighted by molar-refractivity contribution is 7.89. The number of nitrogens with one attached hydrogen (secondary N) is 3. The molecule has 0 bridgehead atoms. The Hall–Kier alpha value is -1.60. The van der Waals surface area contributed by atoms with Gasteiger partial charge in [0.05, 0.1) is 4.90 Å². The van der Waals surface area contributed by atoms with Gasteiger partial charge in [-0.15, -0.1) is 0 Å². The summed E-state index contributed by atoms with van der Waals surface area (Å²) in [7, 11) is -3.45. The number of hydrogen-bond acceptors (Lipinski definition) is 3. The van der Waals surface area contributed by atoms with E-state index in [1.807, 2.05) is 6.92 Å². The van der Waals surface area contributed by atoms with Gasteiger partial charge in [0.15, 0.2) is 5.96 Å². The van der Waals surface area contributed by atoms with E-state index in [-0.39, 0.29) is 4.90 Å². The monoisotopic (exact) mass is 326 g/mol. The molecule has 124 valence electrons. The van der Waals surface area contributed by atoms with Gasteiger partial charge in [0, 0.05) is 26.2 Å². The van der Waals surface area contributed by atoms with Crippen molar-refractivity contribution in [3.05, 3.63) is 30.3 Å². The normalized spacial score (nSPS) is 12.5. The van der Waals surface area contributed by atoms with Gasteiger partial charge in [-0.05, 0) is 25.0 Å². The Labute approximate surface area is 133 Å². The summed E-state index contributed by atoms with van der Waals surface area (Å²) in [5, 5.41) is 6.24. The van der Waals surface area contributed by atoms with E-state index in [9.17, 15) is 8.42 Å². The number of rotatable bonds is 8. The van der Waals surface area contributed by atoms with E-state index in [4.69, 9.17) is 0 Å². The molecule has 0 spiro atoms. The van der Waals surface area contributed by atoms with Crippen LogP contribution in [0.5, 0.6) is 0 Å². The second kappa shape index (κ2) is 9.42. The highest BCUT2D eigenvalue weighted by Crippen LogP contribution is 2.06. The molecule has 1 aromatic carbocycles. The van der Waals surface area contributed by atoms with E-state index in [1.54, 1.807) is 30.3 Å². The van der Waals surface area contributed by atoms with Crippen LogP contribution in [0.3, 0.4) is 0 Å². The van der Waals surface area contributed by atoms with Crippen LogP contribution in [0.25, 0.3) is 0 Å². The maximum Gasteiger partial charge on any atom is 0.240 e. The second-order valence-corrected chi connectivity index (χ2v) is 7.02. The van der Waals surface area contributed by atoms with Crippen LogP contribution in [0.4, 0.5) is 0 Å². The molecule has 0 saturated carbocycles. The van der Waals surface area contributed by atoms with Gasteiger partial charge in [-0.1, -0.05) is 32.0 Å². The number of hydrogen-bond donors (Lipinski definition) is 3. The molecule has 0 heterocycles. The molecule has 0 fully saturated rings. The lowest BCUT2D eigenvalue weighted by Gasteiger charge is -2.12. The van der Waals surface area contributed by atoms with Crippen LogP contribution in [0.15, 0.2) is 40.2 Å². The van der Waals surface area contributed by atoms with Crippen LogP contribution < -0.4 is 15.4 Å². The van der Waals surface area contributed by atoms with Gasteiger partial charge in [-0.2, -0.15) is 0 Å². The van der Waals surface area contributed by atoms with Gasteiger partial charge in [0.25, 0.3) is 0 Å². The zero-order chi connectivity index (χ0) is 16.4. The molecule has 0 amide bonds. The molecular weight excluding hydrogens is 300 g/mol. The lowest BCUT2D eigenvalue weighted by atomic mass is 10.2. The molecule has 7 heteroatoms. The fourth-order valence-electron chi connectivity index (χ4n) is 1.66. The molecule has 0 aliphatic carbocycles. The SMILES string of the molecule is CCNC(=NCC(C)C)NCCNS(=O)(=O)c1ccccc1. The molecule has 0 saturated heterocycles. The summed E-state index contributed by atoms with van der Waals surface area (Å²) in [5.74, 6) is 1.18. The van der Waals surface area contributed by atoms with Crippen LogP contribution in [0.1, 0.15) is 20.8 Å². The molecule has 1 rings (SSSR count). The van der Waals surface area contributed by atoms with Crippen LogP contribution in [0.2, 0.25) is 0 Å². The van der Waals surface area contributed by atoms with Crippen molar-refractivity contribution in [2.24, 2.45) is 10.9 Å². The summed E-state index contributed by atoms with van der Waals surface area (Å²) >= 11 is 0. The Bertz CT molecular complexity index is 556. The van der Waals surface area contributed by atoms with Crippen molar-refractivity contribution in [3.8, 4) is 0 Å². The van der Waals surface area contributed by atoms with Crippen molar-refractivity contribution in [1.82, 2.24) is 15.4 Å². The van der Waals surface area contributed by atoms with E-state index in [2.05, 4.69) is 34.2 Å². The van der Waals surface area contributed by atoms with Crippen LogP contribution in [-0.4, -0.2) is 40.6 Å². The molecule has 0 aromatic heterocycles. The molecule has 22 heavy (non-hydrogen) atoms. The first-order valence-corrected chi connectivity index (χ1v) is 9.01. The molecule has 1 aromatic rings. The van der Waals surface area contributed by atoms with Gasteiger partial charge in [-0.25, -0.2) is 13.1 Å². The lowest BCUT2D eigenvalue weighted by molar-refractivity contribution is 0.580. The van der Waals surface area contributed by atoms with E-state index in [0.717, 1.165) is 13.1 Å². The minimum Gasteiger partial charge on any atom is -0.357 e. The van der Waals surface area contributed by atoms with Crippen LogP contribution in [0, 0.1) is 5.92 Å². The first kappa shape index (κ1) is 18.4. The fourth-order valence-corrected chi connectivity index (χ4v) is 2.72. The smallest absolute Gasteiger partial charge is 0.240 e. The van der Waals surface area contributed by atoms with Crippen molar-refractivity contribution in [2.75, 3.05) is 26.2 Å². The van der Waals surface area contributed by atoms with Crippen molar-refractivity contribution < 1.29 is 8.42 Å². The molecule has 0 radical (unpaired) electrons. The van der Waals surface area contributed by atoms with Crippen molar-refractivity contribution in [3.63, 3.8) is 0 Å². The predicted octanol–water partition coefficient (Wildman–Crippen LogP) is 1.18. The van der Waals surface area contributed by atoms with E-state index in [0.29, 0.717) is 25.0 Å². The zero-order valence-corrected chi connectivity index (χ0v) is 14.3. The minimum absolute atomic E-state index is 0.274. The van der Waals surface area contributed by atoms with E-state index in [1.165, 1.54) is 0 Å². The Balaban J connectivity index is 2.44. The quantitative estimate of drug-likeness (QED) is 0.380. The van der Waals surface area contributed by atoms with Gasteiger partial charge in [0.2, 0.25) is 10.0 Å². The summed E-state index contributed by atoms with van der Waals surface area (Å²) in [6, 6.07) is 8.34. The summed E-state index contributed by atoms with van der Waals surface area (Å²) in [4.78, 5) is 4.70. The Kier molecular flexibility index (Phi) is 7.90. The third-order valence-electron chi connectivity index (χ3n) is 2.72. The molecule has 0 unspecified atom stereocenters. The Morgan fingerprint density at radius 3 is 2.41 bits per heavy atom. The van der Waals surface area contributed by atoms with E-state index < -0.39 is 10.0 Å². The topological polar surface area (TPSA) is 82.6 Å². The standard InChI is InChI=1S/C15H26N4O2S/c1-4-16-15(18-12-13(2)3)17-10-11-19-22(20,21)14-8-6-5-7-9-14/h5-9,13,19H,4,10-12H2,1-3H3,(H2,16,17,18). The Morgan fingerprint density at radius 1 is 1.14 bits per heavy atom. The highest BCUT2D eigenvalue weighted by Gasteiger charge is 2.11. The second-order valence-electron chi connectivity index (χ2n) is 5.25. The molecule has 0 aliphatic rings. The van der Waals surface area contributed by atoms with Gasteiger partial charge >= 0.3 is 0 Å². The van der Waals surface area contributed by atoms with Gasteiger partial charge in [-0.3, -0.25) is 4.99 Å². The first-order chi connectivity index (χ1) is 10.5. The third-order valence-corrected chi connectivity index (χ3v) is 4.20. The molecule has 0 atom stereocenters. The average Bonchev–Trinajstić information content (AvgIpc) is 2.49. The maximum atomic E-state index is 12.0. The summed E-state index contributed by atoms with van der Waals surface area (Å²) in [6.07, 6.45) is 0. The fraction of sp³-hybridized carbons (Fsp3) is 0.533. The minimum atomic E-state index is -3.45. The van der Waals surface area contributed by atoms with Crippen molar-refractivity contribution >= 4 is 16.0 Å². The number of aliphatic imine (C=N–C) groups is 1. The average molecular weight is 326 g/mol. The summed E-state index contributed by atoms with van der Waals surface area (Å²) < 4.78 is 26.6. The molecule has 0 aliphatic heterocycles. The summed E-state index contributed by atoms with van der Waals surface area (Å²) in [6.45, 7) is 8.44. The lowest BCUT2D eigenvalue weighted by Crippen LogP contribution is -2.41. The van der Waals surface area contributed by atoms with Crippen molar-refractivity contribution in [2.45, 2.75) is 25.7 Å². The highest BCUT2D eigenvalue weighted by atomic mass is 32.2. The van der Waals surface area contributed by atoms with E-state index >= 15 is 0 Å². The van der Waals surface area contributed by atoms with Crippen molar-refractivity contribution in [1.29, 1.82) is 0 Å². The molecular formula is C15H26N4O2S. The largest absolute Gasteiger partial charge is 0.357 e. The van der Waals surface area contributed by atoms with Gasteiger partial charge in [0.1, 0.15) is 0 Å². The number of guanidine groups is 1. The predicted molar refractivity (Wildman–Crippen MR) is 90.4 cm³/mol. The molecule has 6 nitrogen and oxygen atoms in total. The van der Waals surface area contributed by atoms with Crippen LogP contribution >= 0.6 is 0 Å². The molecule has 3 N–H and O–H groups in total. The van der Waals surface area contributed by atoms with Crippen LogP contribution in [-0.2, 0) is 10.0 Å². The number of benzene rings is 1. The third kappa shape index (κ3) is 6.91. The first-order valence-electron chi connectivity index (χ1n) is 7.52. The number of sulfonamides is 1. The number of nitrogens with zero attached hydrogens (tertiary/aromatic N) is 1. The summed E-state index contributed by atoms with van der Waals surface area (Å²) in [5.41, 5.74) is 0. The van der Waals surface area contributed by atoms with Gasteiger partial charge < -0.3 is 10.6 Å².